The monoisotopic (exact) mass is 483 g/mol. The Kier molecular flexibility index (Phi) is 9.04. The molecule has 0 saturated heterocycles. The third kappa shape index (κ3) is 6.14. The zero-order valence-corrected chi connectivity index (χ0v) is 20.5. The van der Waals surface area contributed by atoms with Crippen molar-refractivity contribution in [2.24, 2.45) is 7.05 Å². The second kappa shape index (κ2) is 12.2. The largest absolute Gasteiger partial charge is 0.466 e. The van der Waals surface area contributed by atoms with E-state index in [-0.39, 0.29) is 37.5 Å². The van der Waals surface area contributed by atoms with Crippen LogP contribution in [0.25, 0.3) is 0 Å². The van der Waals surface area contributed by atoms with Crippen LogP contribution >= 0.6 is 11.3 Å². The number of aromatic nitrogens is 1. The van der Waals surface area contributed by atoms with Crippen LogP contribution in [0.5, 0.6) is 0 Å². The highest BCUT2D eigenvalue weighted by Gasteiger charge is 2.32. The van der Waals surface area contributed by atoms with Gasteiger partial charge in [0.2, 0.25) is 0 Å². The van der Waals surface area contributed by atoms with Crippen molar-refractivity contribution in [1.82, 2.24) is 4.57 Å². The van der Waals surface area contributed by atoms with Crippen LogP contribution in [-0.4, -0.2) is 35.7 Å². The minimum Gasteiger partial charge on any atom is -0.466 e. The van der Waals surface area contributed by atoms with Gasteiger partial charge in [-0.05, 0) is 49.3 Å². The number of benzene rings is 1. The Morgan fingerprint density at radius 2 is 1.62 bits per heavy atom. The van der Waals surface area contributed by atoms with Crippen LogP contribution in [0, 0.1) is 0 Å². The van der Waals surface area contributed by atoms with Gasteiger partial charge in [0.05, 0.1) is 25.2 Å². The van der Waals surface area contributed by atoms with Crippen LogP contribution in [-0.2, 0) is 51.9 Å². The smallest absolute Gasteiger partial charge is 0.355 e. The van der Waals surface area contributed by atoms with Crippen molar-refractivity contribution in [3.63, 3.8) is 0 Å². The number of hydrogen-bond donors (Lipinski definition) is 0. The Hall–Kier alpha value is -3.39. The van der Waals surface area contributed by atoms with E-state index in [1.54, 1.807) is 36.8 Å². The number of rotatable bonds is 11. The van der Waals surface area contributed by atoms with Crippen LogP contribution in [0.2, 0.25) is 0 Å². The van der Waals surface area contributed by atoms with Gasteiger partial charge in [-0.1, -0.05) is 36.4 Å². The lowest BCUT2D eigenvalue weighted by Gasteiger charge is -2.10. The van der Waals surface area contributed by atoms with Gasteiger partial charge in [-0.3, -0.25) is 4.79 Å². The molecule has 0 unspecified atom stereocenters. The van der Waals surface area contributed by atoms with E-state index in [0.29, 0.717) is 24.1 Å². The van der Waals surface area contributed by atoms with E-state index < -0.39 is 17.9 Å². The lowest BCUT2D eigenvalue weighted by molar-refractivity contribution is -0.142. The van der Waals surface area contributed by atoms with E-state index >= 15 is 0 Å². The standard InChI is InChI=1S/C26H29NO6S/c1-4-31-22(28)16-21-23(25(29)32-5-2)20(14-13-19-12-9-15-34-19)24(27(21)3)26(30)33-17-18-10-7-6-8-11-18/h6-12,15H,4-5,13-14,16-17H2,1-3H3. The quantitative estimate of drug-likeness (QED) is 0.295. The molecule has 2 aromatic heterocycles. The third-order valence-electron chi connectivity index (χ3n) is 5.32. The fraction of sp³-hybridized carbons (Fsp3) is 0.346. The molecule has 0 radical (unpaired) electrons. The van der Waals surface area contributed by atoms with Crippen molar-refractivity contribution in [3.8, 4) is 0 Å². The highest BCUT2D eigenvalue weighted by atomic mass is 32.1. The number of aryl methyl sites for hydroxylation is 1. The fourth-order valence-electron chi connectivity index (χ4n) is 3.80. The minimum absolute atomic E-state index is 0.0944. The number of thiophene rings is 1. The van der Waals surface area contributed by atoms with Gasteiger partial charge in [0.25, 0.3) is 0 Å². The third-order valence-corrected chi connectivity index (χ3v) is 6.26. The van der Waals surface area contributed by atoms with E-state index in [1.807, 2.05) is 47.8 Å². The van der Waals surface area contributed by atoms with E-state index in [9.17, 15) is 14.4 Å². The molecular formula is C26H29NO6S. The first-order valence-corrected chi connectivity index (χ1v) is 12.1. The Balaban J connectivity index is 2.03. The molecule has 0 saturated carbocycles. The van der Waals surface area contributed by atoms with Crippen molar-refractivity contribution in [2.45, 2.75) is 39.7 Å². The van der Waals surface area contributed by atoms with Crippen molar-refractivity contribution in [3.05, 3.63) is 80.8 Å². The molecule has 0 aliphatic carbocycles. The summed E-state index contributed by atoms with van der Waals surface area (Å²) < 4.78 is 17.6. The van der Waals surface area contributed by atoms with Crippen molar-refractivity contribution in [2.75, 3.05) is 13.2 Å². The predicted molar refractivity (Wildman–Crippen MR) is 129 cm³/mol. The Labute approximate surface area is 203 Å². The number of esters is 3. The average molecular weight is 484 g/mol. The molecule has 0 atom stereocenters. The second-order valence-corrected chi connectivity index (χ2v) is 8.58. The first-order chi connectivity index (χ1) is 16.5. The molecular weight excluding hydrogens is 454 g/mol. The van der Waals surface area contributed by atoms with E-state index in [2.05, 4.69) is 0 Å². The molecule has 0 aliphatic rings. The van der Waals surface area contributed by atoms with Crippen molar-refractivity contribution < 1.29 is 28.6 Å². The maximum Gasteiger partial charge on any atom is 0.355 e. The van der Waals surface area contributed by atoms with Crippen LogP contribution in [0.4, 0.5) is 0 Å². The lowest BCUT2D eigenvalue weighted by Crippen LogP contribution is -2.16. The maximum atomic E-state index is 13.3. The van der Waals surface area contributed by atoms with Gasteiger partial charge in [0, 0.05) is 17.6 Å². The van der Waals surface area contributed by atoms with Crippen molar-refractivity contribution in [1.29, 1.82) is 0 Å². The molecule has 0 N–H and O–H groups in total. The first kappa shape index (κ1) is 25.2. The number of nitrogens with zero attached hydrogens (tertiary/aromatic N) is 1. The topological polar surface area (TPSA) is 83.8 Å². The van der Waals surface area contributed by atoms with E-state index in [0.717, 1.165) is 10.4 Å². The summed E-state index contributed by atoms with van der Waals surface area (Å²) in [6.45, 7) is 3.91. The van der Waals surface area contributed by atoms with Crippen molar-refractivity contribution >= 4 is 29.2 Å². The summed E-state index contributed by atoms with van der Waals surface area (Å²) in [5, 5.41) is 1.98. The molecule has 0 bridgehead atoms. The molecule has 34 heavy (non-hydrogen) atoms. The van der Waals surface area contributed by atoms with E-state index in [4.69, 9.17) is 14.2 Å². The predicted octanol–water partition coefficient (Wildman–Crippen LogP) is 4.51. The normalized spacial score (nSPS) is 10.7. The highest BCUT2D eigenvalue weighted by Crippen LogP contribution is 2.28. The Morgan fingerprint density at radius 3 is 2.26 bits per heavy atom. The van der Waals surface area contributed by atoms with Gasteiger partial charge in [0.1, 0.15) is 12.3 Å². The molecule has 0 spiro atoms. The highest BCUT2D eigenvalue weighted by molar-refractivity contribution is 7.09. The average Bonchev–Trinajstić information content (AvgIpc) is 3.43. The van der Waals surface area contributed by atoms with E-state index in [1.165, 1.54) is 0 Å². The van der Waals surface area contributed by atoms with Gasteiger partial charge < -0.3 is 18.8 Å². The molecule has 180 valence electrons. The second-order valence-electron chi connectivity index (χ2n) is 7.55. The summed E-state index contributed by atoms with van der Waals surface area (Å²) in [5.41, 5.74) is 2.23. The summed E-state index contributed by atoms with van der Waals surface area (Å²) in [5.74, 6) is -1.61. The Bertz CT molecular complexity index is 1120. The molecule has 1 aromatic carbocycles. The molecule has 0 fully saturated rings. The van der Waals surface area contributed by atoms with Gasteiger partial charge in [-0.15, -0.1) is 11.3 Å². The molecule has 0 aliphatic heterocycles. The molecule has 3 rings (SSSR count). The molecule has 7 nitrogen and oxygen atoms in total. The summed E-state index contributed by atoms with van der Waals surface area (Å²) in [6, 6.07) is 13.3. The molecule has 3 aromatic rings. The Morgan fingerprint density at radius 1 is 0.882 bits per heavy atom. The number of hydrogen-bond acceptors (Lipinski definition) is 7. The van der Waals surface area contributed by atoms with Gasteiger partial charge in [-0.2, -0.15) is 0 Å². The summed E-state index contributed by atoms with van der Waals surface area (Å²) in [6.07, 6.45) is 0.892. The molecule has 8 heteroatoms. The van der Waals surface area contributed by atoms with Crippen LogP contribution in [0.3, 0.4) is 0 Å². The van der Waals surface area contributed by atoms with Crippen LogP contribution in [0.15, 0.2) is 47.8 Å². The summed E-state index contributed by atoms with van der Waals surface area (Å²) in [7, 11) is 1.66. The lowest BCUT2D eigenvalue weighted by atomic mass is 10.0. The summed E-state index contributed by atoms with van der Waals surface area (Å²) >= 11 is 1.60. The van der Waals surface area contributed by atoms with Crippen LogP contribution < -0.4 is 0 Å². The number of carbonyl (C=O) groups is 3. The van der Waals surface area contributed by atoms with Gasteiger partial charge >= 0.3 is 17.9 Å². The number of carbonyl (C=O) groups excluding carboxylic acids is 3. The van der Waals surface area contributed by atoms with Gasteiger partial charge in [-0.25, -0.2) is 9.59 Å². The molecule has 0 amide bonds. The minimum atomic E-state index is -0.569. The summed E-state index contributed by atoms with van der Waals surface area (Å²) in [4.78, 5) is 39.7. The fourth-order valence-corrected chi connectivity index (χ4v) is 4.50. The van der Waals surface area contributed by atoms with Crippen LogP contribution in [0.1, 0.15) is 56.4 Å². The van der Waals surface area contributed by atoms with Gasteiger partial charge in [0.15, 0.2) is 0 Å². The zero-order valence-electron chi connectivity index (χ0n) is 19.7. The zero-order chi connectivity index (χ0) is 24.5. The molecule has 2 heterocycles. The maximum absolute atomic E-state index is 13.3. The first-order valence-electron chi connectivity index (χ1n) is 11.2. The number of ether oxygens (including phenoxy) is 3. The SMILES string of the molecule is CCOC(=O)Cc1c(C(=O)OCC)c(CCc2cccs2)c(C(=O)OCc2ccccc2)n1C.